The molecule has 6 nitrogen and oxygen atoms in total. The normalized spacial score (nSPS) is 17.0. The molecule has 31 heavy (non-hydrogen) atoms. The van der Waals surface area contributed by atoms with Crippen LogP contribution in [0.1, 0.15) is 45.5 Å². The van der Waals surface area contributed by atoms with Crippen LogP contribution in [-0.2, 0) is 4.74 Å². The van der Waals surface area contributed by atoms with E-state index in [1.54, 1.807) is 4.90 Å². The van der Waals surface area contributed by atoms with Crippen LogP contribution in [-0.4, -0.2) is 33.1 Å². The molecule has 0 aliphatic carbocycles. The van der Waals surface area contributed by atoms with Crippen LogP contribution in [0.15, 0.2) is 51.5 Å². The molecular weight excluding hydrogens is 458 g/mol. The zero-order chi connectivity index (χ0) is 21.8. The Kier molecular flexibility index (Phi) is 4.81. The Hall–Kier alpha value is -2.80. The first-order valence-electron chi connectivity index (χ1n) is 10.5. The molecule has 1 amide bonds. The largest absolute Gasteiger partial charge is 0.456 e. The number of carbonyl (C=O) groups excluding carboxylic acids is 1. The van der Waals surface area contributed by atoms with E-state index < -0.39 is 5.60 Å². The van der Waals surface area contributed by atoms with Crippen molar-refractivity contribution < 1.29 is 13.9 Å². The standard InChI is InChI=1S/C24H24BrN3O3/c1-24(2,3)31-23(29)28-10-4-5-19(28)22-26-13-18(27-22)14-6-8-16-17-9-7-15(25)12-21(17)30-20(16)11-14/h6-9,11-13,19H,4-5,10H2,1-3H3,(H,26,27). The number of likely N-dealkylation sites (tertiary alicyclic amines) is 1. The van der Waals surface area contributed by atoms with Crippen molar-refractivity contribution in [1.82, 2.24) is 14.9 Å². The number of ether oxygens (including phenoxy) is 1. The second-order valence-electron chi connectivity index (χ2n) is 8.97. The van der Waals surface area contributed by atoms with Crippen molar-refractivity contribution in [2.45, 2.75) is 45.3 Å². The molecule has 5 rings (SSSR count). The first-order valence-corrected chi connectivity index (χ1v) is 11.2. The molecule has 1 aliphatic heterocycles. The van der Waals surface area contributed by atoms with E-state index in [1.807, 2.05) is 45.2 Å². The van der Waals surface area contributed by atoms with Crippen LogP contribution in [0, 0.1) is 0 Å². The minimum atomic E-state index is -0.518. The highest BCUT2D eigenvalue weighted by atomic mass is 79.9. The number of benzene rings is 2. The molecule has 4 aromatic rings. The van der Waals surface area contributed by atoms with Gasteiger partial charge in [0.2, 0.25) is 0 Å². The van der Waals surface area contributed by atoms with Crippen LogP contribution < -0.4 is 0 Å². The quantitative estimate of drug-likeness (QED) is 0.341. The third-order valence-corrected chi connectivity index (χ3v) is 6.03. The molecule has 160 valence electrons. The Balaban J connectivity index is 1.44. The summed E-state index contributed by atoms with van der Waals surface area (Å²) < 4.78 is 12.6. The van der Waals surface area contributed by atoms with Crippen LogP contribution in [0.2, 0.25) is 0 Å². The van der Waals surface area contributed by atoms with Crippen LogP contribution in [0.4, 0.5) is 4.79 Å². The van der Waals surface area contributed by atoms with E-state index >= 15 is 0 Å². The van der Waals surface area contributed by atoms with E-state index in [4.69, 9.17) is 9.15 Å². The maximum Gasteiger partial charge on any atom is 0.410 e. The zero-order valence-electron chi connectivity index (χ0n) is 17.7. The number of amides is 1. The summed E-state index contributed by atoms with van der Waals surface area (Å²) in [5.41, 5.74) is 3.06. The Bertz CT molecular complexity index is 1280. The first kappa shape index (κ1) is 20.1. The number of rotatable bonds is 2. The summed E-state index contributed by atoms with van der Waals surface area (Å²) in [7, 11) is 0. The van der Waals surface area contributed by atoms with Crippen molar-refractivity contribution in [2.75, 3.05) is 6.54 Å². The van der Waals surface area contributed by atoms with E-state index in [0.29, 0.717) is 6.54 Å². The summed E-state index contributed by atoms with van der Waals surface area (Å²) in [6, 6.07) is 12.1. The highest BCUT2D eigenvalue weighted by Gasteiger charge is 2.34. The topological polar surface area (TPSA) is 71.4 Å². The van der Waals surface area contributed by atoms with Gasteiger partial charge >= 0.3 is 6.09 Å². The monoisotopic (exact) mass is 481 g/mol. The Morgan fingerprint density at radius 2 is 1.94 bits per heavy atom. The van der Waals surface area contributed by atoms with E-state index in [9.17, 15) is 4.79 Å². The summed E-state index contributed by atoms with van der Waals surface area (Å²) in [6.45, 7) is 6.33. The number of imidazole rings is 1. The number of hydrogen-bond donors (Lipinski definition) is 1. The van der Waals surface area contributed by atoms with Crippen molar-refractivity contribution in [3.8, 4) is 11.3 Å². The number of carbonyl (C=O) groups is 1. The predicted molar refractivity (Wildman–Crippen MR) is 124 cm³/mol. The average Bonchev–Trinajstić information content (AvgIpc) is 3.42. The Labute approximate surface area is 188 Å². The van der Waals surface area contributed by atoms with Crippen molar-refractivity contribution in [1.29, 1.82) is 0 Å². The zero-order valence-corrected chi connectivity index (χ0v) is 19.3. The van der Waals surface area contributed by atoms with Crippen molar-refractivity contribution in [3.05, 3.63) is 52.9 Å². The fraction of sp³-hybridized carbons (Fsp3) is 0.333. The number of aromatic nitrogens is 2. The highest BCUT2D eigenvalue weighted by Crippen LogP contribution is 2.35. The number of hydrogen-bond acceptors (Lipinski definition) is 4. The number of halogens is 1. The molecule has 1 atom stereocenters. The highest BCUT2D eigenvalue weighted by molar-refractivity contribution is 9.10. The fourth-order valence-corrected chi connectivity index (χ4v) is 4.50. The molecule has 0 radical (unpaired) electrons. The van der Waals surface area contributed by atoms with Gasteiger partial charge in [-0.1, -0.05) is 22.0 Å². The number of fused-ring (bicyclic) bond motifs is 3. The predicted octanol–water partition coefficient (Wildman–Crippen LogP) is 6.81. The van der Waals surface area contributed by atoms with Crippen LogP contribution in [0.3, 0.4) is 0 Å². The molecule has 0 bridgehead atoms. The molecule has 3 heterocycles. The molecule has 2 aromatic heterocycles. The molecule has 1 fully saturated rings. The van der Waals surface area contributed by atoms with Gasteiger partial charge in [0.15, 0.2) is 0 Å². The summed E-state index contributed by atoms with van der Waals surface area (Å²) >= 11 is 3.50. The van der Waals surface area contributed by atoms with Crippen LogP contribution >= 0.6 is 15.9 Å². The molecule has 0 saturated carbocycles. The molecule has 1 saturated heterocycles. The minimum absolute atomic E-state index is 0.101. The Morgan fingerprint density at radius 1 is 1.19 bits per heavy atom. The lowest BCUT2D eigenvalue weighted by molar-refractivity contribution is 0.0218. The van der Waals surface area contributed by atoms with Gasteiger partial charge in [-0.15, -0.1) is 0 Å². The number of aromatic amines is 1. The van der Waals surface area contributed by atoms with E-state index in [-0.39, 0.29) is 12.1 Å². The fourth-order valence-electron chi connectivity index (χ4n) is 4.16. The van der Waals surface area contributed by atoms with E-state index in [1.165, 1.54) is 0 Å². The van der Waals surface area contributed by atoms with Gasteiger partial charge in [-0.3, -0.25) is 4.90 Å². The van der Waals surface area contributed by atoms with Gasteiger partial charge in [0, 0.05) is 27.4 Å². The van der Waals surface area contributed by atoms with Crippen molar-refractivity contribution in [2.24, 2.45) is 0 Å². The van der Waals surface area contributed by atoms with Gasteiger partial charge in [0.05, 0.1) is 17.9 Å². The summed E-state index contributed by atoms with van der Waals surface area (Å²) in [5.74, 6) is 0.784. The lowest BCUT2D eigenvalue weighted by atomic mass is 10.1. The van der Waals surface area contributed by atoms with Crippen LogP contribution in [0.5, 0.6) is 0 Å². The van der Waals surface area contributed by atoms with E-state index in [2.05, 4.69) is 44.1 Å². The van der Waals surface area contributed by atoms with E-state index in [0.717, 1.165) is 56.3 Å². The van der Waals surface area contributed by atoms with Gasteiger partial charge in [-0.2, -0.15) is 0 Å². The second-order valence-corrected chi connectivity index (χ2v) is 9.88. The van der Waals surface area contributed by atoms with Crippen LogP contribution in [0.25, 0.3) is 33.2 Å². The third kappa shape index (κ3) is 3.83. The second kappa shape index (κ2) is 7.41. The summed E-state index contributed by atoms with van der Waals surface area (Å²) in [4.78, 5) is 22.4. The third-order valence-electron chi connectivity index (χ3n) is 5.54. The van der Waals surface area contributed by atoms with Crippen molar-refractivity contribution >= 4 is 44.0 Å². The molecule has 2 aromatic carbocycles. The van der Waals surface area contributed by atoms with Gasteiger partial charge in [-0.25, -0.2) is 9.78 Å². The maximum atomic E-state index is 12.6. The Morgan fingerprint density at radius 3 is 2.71 bits per heavy atom. The molecule has 1 aliphatic rings. The number of nitrogens with zero attached hydrogens (tertiary/aromatic N) is 2. The SMILES string of the molecule is CC(C)(C)OC(=O)N1CCCC1c1ncc(-c2ccc3c(c2)oc2cc(Br)ccc23)[nH]1. The van der Waals surface area contributed by atoms with Crippen molar-refractivity contribution in [3.63, 3.8) is 0 Å². The summed E-state index contributed by atoms with van der Waals surface area (Å²) in [6.07, 6.45) is 3.33. The lowest BCUT2D eigenvalue weighted by Gasteiger charge is -2.27. The van der Waals surface area contributed by atoms with Gasteiger partial charge < -0.3 is 14.1 Å². The minimum Gasteiger partial charge on any atom is -0.456 e. The van der Waals surface area contributed by atoms with Gasteiger partial charge in [0.1, 0.15) is 22.6 Å². The molecule has 7 heteroatoms. The summed E-state index contributed by atoms with van der Waals surface area (Å²) in [5, 5.41) is 2.17. The molecule has 0 spiro atoms. The van der Waals surface area contributed by atoms with Gasteiger partial charge in [0.25, 0.3) is 0 Å². The first-order chi connectivity index (χ1) is 14.8. The molecular formula is C24H24BrN3O3. The molecule has 1 unspecified atom stereocenters. The number of nitrogens with one attached hydrogen (secondary N) is 1. The smallest absolute Gasteiger partial charge is 0.410 e. The number of H-pyrrole nitrogens is 1. The number of furan rings is 1. The maximum absolute atomic E-state index is 12.6. The molecule has 1 N–H and O–H groups in total. The average molecular weight is 482 g/mol. The van der Waals surface area contributed by atoms with Gasteiger partial charge in [-0.05, 0) is 63.9 Å². The lowest BCUT2D eigenvalue weighted by Crippen LogP contribution is -2.36.